The molecule has 0 unspecified atom stereocenters. The number of para-hydroxylation sites is 1. The summed E-state index contributed by atoms with van der Waals surface area (Å²) < 4.78 is 0. The molecule has 0 aromatic heterocycles. The van der Waals surface area contributed by atoms with Gasteiger partial charge in [-0.05, 0) is 25.0 Å². The number of Topliss-reactive ketones (excluding diaryl/α,β-unsaturated/α-hetero) is 1. The molecule has 2 N–H and O–H groups in total. The van der Waals surface area contributed by atoms with Crippen LogP contribution in [0.2, 0.25) is 0 Å². The first-order valence-electron chi connectivity index (χ1n) is 9.20. The number of rotatable bonds is 11. The molecule has 2 atom stereocenters. The molecule has 0 saturated heterocycles. The smallest absolute Gasteiger partial charge is 0.293 e. The summed E-state index contributed by atoms with van der Waals surface area (Å²) >= 11 is 0. The molecule has 0 aliphatic rings. The summed E-state index contributed by atoms with van der Waals surface area (Å²) in [7, 11) is 0. The van der Waals surface area contributed by atoms with Crippen molar-refractivity contribution in [3.8, 4) is 0 Å². The Morgan fingerprint density at radius 1 is 0.960 bits per heavy atom. The lowest BCUT2D eigenvalue weighted by atomic mass is 10.0. The molecular weight excluding hydrogens is 316 g/mol. The third-order valence-corrected chi connectivity index (χ3v) is 4.15. The first-order chi connectivity index (χ1) is 12.0. The van der Waals surface area contributed by atoms with Gasteiger partial charge in [-0.2, -0.15) is 0 Å². The minimum Gasteiger partial charge on any atom is -0.345 e. The third-order valence-electron chi connectivity index (χ3n) is 4.15. The highest BCUT2D eigenvalue weighted by Crippen LogP contribution is 2.11. The van der Waals surface area contributed by atoms with Crippen molar-refractivity contribution in [1.82, 2.24) is 5.32 Å². The van der Waals surface area contributed by atoms with Gasteiger partial charge in [0, 0.05) is 11.6 Å². The highest BCUT2D eigenvalue weighted by Gasteiger charge is 2.27. The summed E-state index contributed by atoms with van der Waals surface area (Å²) in [5.41, 5.74) is 0.568. The molecule has 25 heavy (non-hydrogen) atoms. The number of ketones is 1. The Kier molecular flexibility index (Phi) is 9.51. The highest BCUT2D eigenvalue weighted by atomic mass is 16.2. The van der Waals surface area contributed by atoms with Gasteiger partial charge >= 0.3 is 0 Å². The van der Waals surface area contributed by atoms with Crippen molar-refractivity contribution in [1.29, 1.82) is 0 Å². The number of unbranched alkanes of at least 4 members (excludes halogenated alkanes) is 2. The van der Waals surface area contributed by atoms with Gasteiger partial charge in [0.2, 0.25) is 11.7 Å². The van der Waals surface area contributed by atoms with Crippen LogP contribution >= 0.6 is 0 Å². The summed E-state index contributed by atoms with van der Waals surface area (Å²) in [6.07, 6.45) is 4.92. The van der Waals surface area contributed by atoms with E-state index in [1.54, 1.807) is 24.3 Å². The average molecular weight is 346 g/mol. The number of carbonyl (C=O) groups is 3. The average Bonchev–Trinajstić information content (AvgIpc) is 2.61. The van der Waals surface area contributed by atoms with Crippen LogP contribution in [0.15, 0.2) is 30.3 Å². The molecule has 138 valence electrons. The Morgan fingerprint density at radius 2 is 1.64 bits per heavy atom. The maximum absolute atomic E-state index is 12.5. The van der Waals surface area contributed by atoms with Crippen LogP contribution in [0.4, 0.5) is 5.69 Å². The molecule has 1 aromatic carbocycles. The molecule has 0 heterocycles. The molecular formula is C20H30N2O3. The van der Waals surface area contributed by atoms with E-state index in [1.165, 1.54) is 0 Å². The second-order valence-corrected chi connectivity index (χ2v) is 6.43. The first-order valence-corrected chi connectivity index (χ1v) is 9.20. The van der Waals surface area contributed by atoms with Gasteiger partial charge in [-0.1, -0.05) is 64.7 Å². The topological polar surface area (TPSA) is 75.3 Å². The van der Waals surface area contributed by atoms with E-state index in [2.05, 4.69) is 17.6 Å². The van der Waals surface area contributed by atoms with E-state index in [1.807, 2.05) is 19.9 Å². The zero-order valence-corrected chi connectivity index (χ0v) is 15.5. The molecule has 2 amide bonds. The molecule has 0 fully saturated rings. The number of nitrogens with one attached hydrogen (secondary N) is 2. The van der Waals surface area contributed by atoms with Gasteiger partial charge in [-0.25, -0.2) is 0 Å². The fourth-order valence-corrected chi connectivity index (χ4v) is 2.62. The lowest BCUT2D eigenvalue weighted by molar-refractivity contribution is -0.138. The Hall–Kier alpha value is -2.17. The number of hydrogen-bond acceptors (Lipinski definition) is 3. The molecule has 5 heteroatoms. The fourth-order valence-electron chi connectivity index (χ4n) is 2.62. The quantitative estimate of drug-likeness (QED) is 0.474. The summed E-state index contributed by atoms with van der Waals surface area (Å²) in [4.78, 5) is 37.0. The minimum absolute atomic E-state index is 0.163. The van der Waals surface area contributed by atoms with Gasteiger partial charge < -0.3 is 10.6 Å². The lowest BCUT2D eigenvalue weighted by Gasteiger charge is -2.19. The predicted molar refractivity (Wildman–Crippen MR) is 100 cm³/mol. The summed E-state index contributed by atoms with van der Waals surface area (Å²) in [5, 5.41) is 5.38. The number of benzene rings is 1. The van der Waals surface area contributed by atoms with Crippen molar-refractivity contribution in [3.05, 3.63) is 30.3 Å². The maximum Gasteiger partial charge on any atom is 0.293 e. The molecule has 0 radical (unpaired) electrons. The van der Waals surface area contributed by atoms with E-state index in [-0.39, 0.29) is 11.8 Å². The van der Waals surface area contributed by atoms with Gasteiger partial charge in [0.25, 0.3) is 5.91 Å². The molecule has 0 aliphatic carbocycles. The second kappa shape index (κ2) is 11.4. The van der Waals surface area contributed by atoms with Crippen LogP contribution in [-0.4, -0.2) is 23.6 Å². The monoisotopic (exact) mass is 346 g/mol. The maximum atomic E-state index is 12.5. The van der Waals surface area contributed by atoms with Crippen LogP contribution < -0.4 is 10.6 Å². The largest absolute Gasteiger partial charge is 0.345 e. The standard InChI is InChI=1S/C20H30N2O3/c1-4-6-8-14-17(22-19(24)15(3)11-5-2)18(23)20(25)21-16-12-9-7-10-13-16/h7,9-10,12-13,15,17H,4-6,8,11,14H2,1-3H3,(H,21,25)(H,22,24)/t15-,17-/m0/s1. The SMILES string of the molecule is CCCCC[C@H](NC(=O)[C@@H](C)CCC)C(=O)C(=O)Nc1ccccc1. The molecule has 1 aromatic rings. The third kappa shape index (κ3) is 7.50. The first kappa shape index (κ1) is 20.9. The normalized spacial score (nSPS) is 12.9. The van der Waals surface area contributed by atoms with Crippen LogP contribution in [0.3, 0.4) is 0 Å². The van der Waals surface area contributed by atoms with Crippen molar-refractivity contribution >= 4 is 23.3 Å². The Labute approximate surface area is 150 Å². The predicted octanol–water partition coefficient (Wildman–Crippen LogP) is 3.70. The summed E-state index contributed by atoms with van der Waals surface area (Å²) in [6.45, 7) is 5.93. The van der Waals surface area contributed by atoms with Crippen LogP contribution in [0.25, 0.3) is 0 Å². The lowest BCUT2D eigenvalue weighted by Crippen LogP contribution is -2.47. The van der Waals surface area contributed by atoms with Crippen LogP contribution in [0.1, 0.15) is 59.3 Å². The molecule has 0 bridgehead atoms. The molecule has 0 aliphatic heterocycles. The van der Waals surface area contributed by atoms with E-state index in [0.717, 1.165) is 32.1 Å². The van der Waals surface area contributed by atoms with E-state index >= 15 is 0 Å². The van der Waals surface area contributed by atoms with Crippen LogP contribution in [0.5, 0.6) is 0 Å². The second-order valence-electron chi connectivity index (χ2n) is 6.43. The molecule has 0 saturated carbocycles. The van der Waals surface area contributed by atoms with Crippen molar-refractivity contribution in [2.45, 2.75) is 65.3 Å². The van der Waals surface area contributed by atoms with Gasteiger partial charge in [0.05, 0.1) is 6.04 Å². The van der Waals surface area contributed by atoms with E-state index < -0.39 is 17.7 Å². The highest BCUT2D eigenvalue weighted by molar-refractivity contribution is 6.42. The van der Waals surface area contributed by atoms with Crippen molar-refractivity contribution < 1.29 is 14.4 Å². The van der Waals surface area contributed by atoms with E-state index in [9.17, 15) is 14.4 Å². The Morgan fingerprint density at radius 3 is 2.24 bits per heavy atom. The molecule has 0 spiro atoms. The van der Waals surface area contributed by atoms with E-state index in [0.29, 0.717) is 12.1 Å². The summed E-state index contributed by atoms with van der Waals surface area (Å²) in [6, 6.07) is 8.08. The Balaban J connectivity index is 2.73. The molecule has 1 rings (SSSR count). The van der Waals surface area contributed by atoms with Crippen molar-refractivity contribution in [3.63, 3.8) is 0 Å². The van der Waals surface area contributed by atoms with Crippen molar-refractivity contribution in [2.24, 2.45) is 5.92 Å². The Bertz CT molecular complexity index is 557. The van der Waals surface area contributed by atoms with E-state index in [4.69, 9.17) is 0 Å². The number of anilines is 1. The van der Waals surface area contributed by atoms with Crippen LogP contribution in [0, 0.1) is 5.92 Å². The van der Waals surface area contributed by atoms with Gasteiger partial charge in [0.15, 0.2) is 0 Å². The van der Waals surface area contributed by atoms with Gasteiger partial charge in [0.1, 0.15) is 0 Å². The zero-order valence-electron chi connectivity index (χ0n) is 15.5. The number of hydrogen-bond donors (Lipinski definition) is 2. The van der Waals surface area contributed by atoms with Crippen LogP contribution in [-0.2, 0) is 14.4 Å². The molecule has 5 nitrogen and oxygen atoms in total. The fraction of sp³-hybridized carbons (Fsp3) is 0.550. The number of amides is 2. The minimum atomic E-state index is -0.762. The number of carbonyl (C=O) groups excluding carboxylic acids is 3. The summed E-state index contributed by atoms with van der Waals surface area (Å²) in [5.74, 6) is -1.60. The van der Waals surface area contributed by atoms with Crippen molar-refractivity contribution in [2.75, 3.05) is 5.32 Å². The van der Waals surface area contributed by atoms with Gasteiger partial charge in [-0.15, -0.1) is 0 Å². The zero-order chi connectivity index (χ0) is 18.7. The van der Waals surface area contributed by atoms with Gasteiger partial charge in [-0.3, -0.25) is 14.4 Å².